The Balaban J connectivity index is 2.02. The predicted molar refractivity (Wildman–Crippen MR) is 58.8 cm³/mol. The lowest BCUT2D eigenvalue weighted by Gasteiger charge is -2.61. The molecule has 0 spiro atoms. The second-order valence-corrected chi connectivity index (χ2v) is 6.15. The van der Waals surface area contributed by atoms with Gasteiger partial charge >= 0.3 is 5.97 Å². The Bertz CT molecular complexity index is 359. The number of aliphatic carboxylic acids is 1. The van der Waals surface area contributed by atoms with Crippen molar-refractivity contribution >= 4 is 11.9 Å². The average Bonchev–Trinajstić information content (AvgIpc) is 2.92. The molecule has 4 nitrogen and oxygen atoms in total. The van der Waals surface area contributed by atoms with Crippen molar-refractivity contribution in [3.8, 4) is 0 Å². The third-order valence-electron chi connectivity index (χ3n) is 4.58. The summed E-state index contributed by atoms with van der Waals surface area (Å²) in [6.07, 6.45) is 0.515. The first kappa shape index (κ1) is 11.4. The van der Waals surface area contributed by atoms with E-state index < -0.39 is 11.9 Å². The fourth-order valence-corrected chi connectivity index (χ4v) is 2.35. The number of carbonyl (C=O) groups excluding carboxylic acids is 1. The van der Waals surface area contributed by atoms with Crippen molar-refractivity contribution < 1.29 is 14.7 Å². The van der Waals surface area contributed by atoms with Crippen LogP contribution < -0.4 is 0 Å². The second-order valence-electron chi connectivity index (χ2n) is 6.15. The standard InChI is InChI=1S/C12H19NO3/c1-11(2)6-13(12(11,3)4)9(14)7-5-8(7)10(15)16/h7-8H,5-6H2,1-4H3,(H,15,16). The number of hydrogen-bond acceptors (Lipinski definition) is 2. The van der Waals surface area contributed by atoms with Gasteiger partial charge in [-0.3, -0.25) is 9.59 Å². The zero-order chi connectivity index (χ0) is 12.3. The number of carboxylic acids is 1. The van der Waals surface area contributed by atoms with E-state index in [1.807, 2.05) is 18.7 Å². The number of carbonyl (C=O) groups is 2. The highest BCUT2D eigenvalue weighted by Gasteiger charge is 2.59. The van der Waals surface area contributed by atoms with Gasteiger partial charge in [0.15, 0.2) is 0 Å². The van der Waals surface area contributed by atoms with Gasteiger partial charge in [0.25, 0.3) is 0 Å². The van der Waals surface area contributed by atoms with Crippen LogP contribution in [0, 0.1) is 17.3 Å². The Morgan fingerprint density at radius 2 is 1.75 bits per heavy atom. The molecule has 1 heterocycles. The van der Waals surface area contributed by atoms with Crippen LogP contribution in [0.4, 0.5) is 0 Å². The molecule has 0 aromatic carbocycles. The summed E-state index contributed by atoms with van der Waals surface area (Å²) in [5, 5.41) is 8.81. The van der Waals surface area contributed by atoms with Gasteiger partial charge in [0.05, 0.1) is 11.8 Å². The molecular formula is C12H19NO3. The van der Waals surface area contributed by atoms with Crippen molar-refractivity contribution in [1.82, 2.24) is 4.90 Å². The van der Waals surface area contributed by atoms with Gasteiger partial charge in [-0.25, -0.2) is 0 Å². The van der Waals surface area contributed by atoms with Crippen LogP contribution in [0.15, 0.2) is 0 Å². The molecule has 2 aliphatic rings. The fourth-order valence-electron chi connectivity index (χ4n) is 2.35. The quantitative estimate of drug-likeness (QED) is 0.771. The summed E-state index contributed by atoms with van der Waals surface area (Å²) in [7, 11) is 0. The van der Waals surface area contributed by atoms with Crippen molar-refractivity contribution in [2.45, 2.75) is 39.7 Å². The first-order valence-electron chi connectivity index (χ1n) is 5.73. The number of likely N-dealkylation sites (tertiary alicyclic amines) is 1. The van der Waals surface area contributed by atoms with Crippen LogP contribution in [0.3, 0.4) is 0 Å². The number of hydrogen-bond donors (Lipinski definition) is 1. The zero-order valence-electron chi connectivity index (χ0n) is 10.3. The molecule has 16 heavy (non-hydrogen) atoms. The van der Waals surface area contributed by atoms with Crippen LogP contribution in [0.25, 0.3) is 0 Å². The van der Waals surface area contributed by atoms with Crippen molar-refractivity contribution in [1.29, 1.82) is 0 Å². The van der Waals surface area contributed by atoms with Gasteiger partial charge in [-0.2, -0.15) is 0 Å². The molecule has 0 aromatic heterocycles. The van der Waals surface area contributed by atoms with E-state index >= 15 is 0 Å². The van der Waals surface area contributed by atoms with Crippen LogP contribution >= 0.6 is 0 Å². The van der Waals surface area contributed by atoms with E-state index in [9.17, 15) is 9.59 Å². The summed E-state index contributed by atoms with van der Waals surface area (Å²) in [5.41, 5.74) is -0.0357. The Labute approximate surface area is 95.6 Å². The Morgan fingerprint density at radius 3 is 2.06 bits per heavy atom. The highest BCUT2D eigenvalue weighted by molar-refractivity contribution is 5.90. The van der Waals surface area contributed by atoms with Crippen molar-refractivity contribution in [2.24, 2.45) is 17.3 Å². The van der Waals surface area contributed by atoms with Crippen LogP contribution in [-0.4, -0.2) is 34.0 Å². The molecule has 2 unspecified atom stereocenters. The summed E-state index contributed by atoms with van der Waals surface area (Å²) in [4.78, 5) is 24.6. The third-order valence-corrected chi connectivity index (χ3v) is 4.58. The normalized spacial score (nSPS) is 34.1. The first-order chi connectivity index (χ1) is 7.18. The van der Waals surface area contributed by atoms with Gasteiger partial charge in [-0.05, 0) is 20.3 Å². The second kappa shape index (κ2) is 2.99. The summed E-state index contributed by atoms with van der Waals surface area (Å²) in [6.45, 7) is 9.11. The topological polar surface area (TPSA) is 57.6 Å². The molecule has 1 aliphatic heterocycles. The molecule has 1 amide bonds. The number of nitrogens with zero attached hydrogens (tertiary/aromatic N) is 1. The molecule has 1 saturated carbocycles. The summed E-state index contributed by atoms with van der Waals surface area (Å²) < 4.78 is 0. The van der Waals surface area contributed by atoms with E-state index in [1.165, 1.54) is 0 Å². The predicted octanol–water partition coefficient (Wildman–Crippen LogP) is 1.35. The van der Waals surface area contributed by atoms with Crippen LogP contribution in [-0.2, 0) is 9.59 Å². The largest absolute Gasteiger partial charge is 0.481 e. The molecule has 0 bridgehead atoms. The third kappa shape index (κ3) is 1.35. The molecule has 0 aromatic rings. The molecule has 90 valence electrons. The highest BCUT2D eigenvalue weighted by Crippen LogP contribution is 2.50. The summed E-state index contributed by atoms with van der Waals surface area (Å²) in [5.74, 6) is -1.52. The van der Waals surface area contributed by atoms with Crippen LogP contribution in [0.1, 0.15) is 34.1 Å². The van der Waals surface area contributed by atoms with Gasteiger partial charge in [0.1, 0.15) is 0 Å². The fraction of sp³-hybridized carbons (Fsp3) is 0.833. The average molecular weight is 225 g/mol. The number of carboxylic acid groups (broad SMARTS) is 1. The van der Waals surface area contributed by atoms with Gasteiger partial charge in [0, 0.05) is 17.5 Å². The lowest BCUT2D eigenvalue weighted by Crippen LogP contribution is -2.71. The molecule has 2 atom stereocenters. The molecule has 1 saturated heterocycles. The zero-order valence-corrected chi connectivity index (χ0v) is 10.3. The number of amides is 1. The van der Waals surface area contributed by atoms with Gasteiger partial charge in [0.2, 0.25) is 5.91 Å². The van der Waals surface area contributed by atoms with E-state index in [-0.39, 0.29) is 22.8 Å². The maximum absolute atomic E-state index is 12.1. The highest BCUT2D eigenvalue weighted by atomic mass is 16.4. The molecule has 0 radical (unpaired) electrons. The van der Waals surface area contributed by atoms with E-state index in [1.54, 1.807) is 0 Å². The maximum atomic E-state index is 12.1. The Morgan fingerprint density at radius 1 is 1.19 bits per heavy atom. The molecule has 1 aliphatic carbocycles. The lowest BCUT2D eigenvalue weighted by molar-refractivity contribution is -0.169. The monoisotopic (exact) mass is 225 g/mol. The van der Waals surface area contributed by atoms with E-state index in [0.717, 1.165) is 6.54 Å². The summed E-state index contributed by atoms with van der Waals surface area (Å²) >= 11 is 0. The SMILES string of the molecule is CC1(C)CN(C(=O)C2CC2C(=O)O)C1(C)C. The van der Waals surface area contributed by atoms with Gasteiger partial charge < -0.3 is 10.0 Å². The first-order valence-corrected chi connectivity index (χ1v) is 5.73. The van der Waals surface area contributed by atoms with Crippen molar-refractivity contribution in [3.05, 3.63) is 0 Å². The smallest absolute Gasteiger partial charge is 0.307 e. The summed E-state index contributed by atoms with van der Waals surface area (Å²) in [6, 6.07) is 0. The Kier molecular flexibility index (Phi) is 2.14. The molecule has 1 N–H and O–H groups in total. The molecule has 2 rings (SSSR count). The van der Waals surface area contributed by atoms with E-state index in [0.29, 0.717) is 6.42 Å². The number of rotatable bonds is 2. The van der Waals surface area contributed by atoms with Gasteiger partial charge in [-0.1, -0.05) is 13.8 Å². The molecular weight excluding hydrogens is 206 g/mol. The minimum absolute atomic E-state index is 0.0247. The van der Waals surface area contributed by atoms with Crippen LogP contribution in [0.5, 0.6) is 0 Å². The van der Waals surface area contributed by atoms with Crippen LogP contribution in [0.2, 0.25) is 0 Å². The minimum Gasteiger partial charge on any atom is -0.481 e. The van der Waals surface area contributed by atoms with Crippen molar-refractivity contribution in [2.75, 3.05) is 6.54 Å². The molecule has 2 fully saturated rings. The van der Waals surface area contributed by atoms with Gasteiger partial charge in [-0.15, -0.1) is 0 Å². The maximum Gasteiger partial charge on any atom is 0.307 e. The van der Waals surface area contributed by atoms with Crippen molar-refractivity contribution in [3.63, 3.8) is 0 Å². The lowest BCUT2D eigenvalue weighted by atomic mass is 9.65. The van der Waals surface area contributed by atoms with E-state index in [4.69, 9.17) is 5.11 Å². The Hall–Kier alpha value is -1.06. The minimum atomic E-state index is -0.837. The van der Waals surface area contributed by atoms with E-state index in [2.05, 4.69) is 13.8 Å². The molecule has 4 heteroatoms.